The minimum absolute atomic E-state index is 0.255. The Morgan fingerprint density at radius 1 is 1.48 bits per heavy atom. The summed E-state index contributed by atoms with van der Waals surface area (Å²) in [6.45, 7) is 0.866. The van der Waals surface area contributed by atoms with Gasteiger partial charge in [-0.2, -0.15) is 0 Å². The number of halogens is 1. The maximum Gasteiger partial charge on any atom is 0.193 e. The number of fused-ring (bicyclic) bond motifs is 2. The van der Waals surface area contributed by atoms with Crippen molar-refractivity contribution in [1.82, 2.24) is 0 Å². The highest BCUT2D eigenvalue weighted by Crippen LogP contribution is 2.64. The molecule has 2 saturated carbocycles. The third kappa shape index (κ3) is 2.29. The van der Waals surface area contributed by atoms with Gasteiger partial charge in [-0.3, -0.25) is 0 Å². The average Bonchev–Trinajstić information content (AvgIpc) is 2.89. The summed E-state index contributed by atoms with van der Waals surface area (Å²) in [4.78, 5) is 4.80. The van der Waals surface area contributed by atoms with Crippen molar-refractivity contribution in [2.24, 2.45) is 22.1 Å². The summed E-state index contributed by atoms with van der Waals surface area (Å²) >= 11 is 6.14. The van der Waals surface area contributed by atoms with E-state index in [1.54, 1.807) is 13.2 Å². The van der Waals surface area contributed by atoms with Gasteiger partial charge in [0.25, 0.3) is 0 Å². The van der Waals surface area contributed by atoms with Gasteiger partial charge in [0, 0.05) is 23.6 Å². The van der Waals surface area contributed by atoms with Gasteiger partial charge < -0.3 is 20.5 Å². The lowest BCUT2D eigenvalue weighted by Crippen LogP contribution is -2.65. The standard InChI is InChI=1S/C17H22ClN3O2/c1-22-13-4-3-10(9-12(13)18)20-16(19)21-14-11-5-8-23-15(11)17(14)6-2-7-17/h3-4,9,11,14-15H,2,5-8H2,1H3,(H3,19,20,21). The second-order valence-corrected chi connectivity index (χ2v) is 7.17. The Morgan fingerprint density at radius 3 is 2.96 bits per heavy atom. The van der Waals surface area contributed by atoms with Gasteiger partial charge in [-0.1, -0.05) is 18.0 Å². The number of hydrogen-bond acceptors (Lipinski definition) is 3. The summed E-state index contributed by atoms with van der Waals surface area (Å²) in [5.74, 6) is 1.63. The number of methoxy groups -OCH3 is 1. The molecule has 6 heteroatoms. The van der Waals surface area contributed by atoms with Crippen LogP contribution in [0.3, 0.4) is 0 Å². The zero-order valence-corrected chi connectivity index (χ0v) is 14.0. The molecule has 124 valence electrons. The molecule has 0 amide bonds. The fourth-order valence-corrected chi connectivity index (χ4v) is 4.72. The highest BCUT2D eigenvalue weighted by molar-refractivity contribution is 6.32. The minimum atomic E-state index is 0.255. The SMILES string of the molecule is COc1ccc(NC(N)=NC2C3CCOC3C23CCC3)cc1Cl. The van der Waals surface area contributed by atoms with E-state index in [-0.39, 0.29) is 5.41 Å². The third-order valence-electron chi connectivity index (χ3n) is 5.69. The summed E-state index contributed by atoms with van der Waals surface area (Å²) in [6, 6.07) is 5.79. The molecule has 1 aliphatic heterocycles. The molecule has 0 bridgehead atoms. The van der Waals surface area contributed by atoms with E-state index >= 15 is 0 Å². The Bertz CT molecular complexity index is 645. The zero-order chi connectivity index (χ0) is 16.0. The van der Waals surface area contributed by atoms with E-state index in [0.717, 1.165) is 18.7 Å². The van der Waals surface area contributed by atoms with E-state index in [4.69, 9.17) is 31.8 Å². The van der Waals surface area contributed by atoms with Crippen molar-refractivity contribution in [3.63, 3.8) is 0 Å². The normalized spacial score (nSPS) is 31.2. The first kappa shape index (κ1) is 15.1. The maximum atomic E-state index is 6.14. The van der Waals surface area contributed by atoms with Gasteiger partial charge >= 0.3 is 0 Å². The summed E-state index contributed by atoms with van der Waals surface area (Å²) in [7, 11) is 1.60. The molecular formula is C17H22ClN3O2. The summed E-state index contributed by atoms with van der Waals surface area (Å²) in [5.41, 5.74) is 7.22. The second kappa shape index (κ2) is 5.56. The summed E-state index contributed by atoms with van der Waals surface area (Å²) < 4.78 is 11.1. The molecule has 3 fully saturated rings. The van der Waals surface area contributed by atoms with Gasteiger partial charge in [0.05, 0.1) is 24.3 Å². The molecule has 3 aliphatic rings. The van der Waals surface area contributed by atoms with Gasteiger partial charge in [0.1, 0.15) is 5.75 Å². The van der Waals surface area contributed by atoms with Crippen LogP contribution in [0.25, 0.3) is 0 Å². The molecule has 1 saturated heterocycles. The lowest BCUT2D eigenvalue weighted by molar-refractivity contribution is -0.164. The van der Waals surface area contributed by atoms with Crippen LogP contribution in [-0.4, -0.2) is 31.8 Å². The van der Waals surface area contributed by atoms with E-state index in [1.807, 2.05) is 12.1 Å². The number of ether oxygens (including phenoxy) is 2. The van der Waals surface area contributed by atoms with Crippen molar-refractivity contribution in [3.8, 4) is 5.75 Å². The monoisotopic (exact) mass is 335 g/mol. The van der Waals surface area contributed by atoms with Gasteiger partial charge in [-0.25, -0.2) is 4.99 Å². The third-order valence-corrected chi connectivity index (χ3v) is 5.98. The second-order valence-electron chi connectivity index (χ2n) is 6.76. The Kier molecular flexibility index (Phi) is 3.65. The summed E-state index contributed by atoms with van der Waals surface area (Å²) in [5, 5.41) is 3.70. The van der Waals surface area contributed by atoms with E-state index in [2.05, 4.69) is 5.32 Å². The van der Waals surface area contributed by atoms with Gasteiger partial charge in [-0.15, -0.1) is 0 Å². The Balaban J connectivity index is 1.49. The van der Waals surface area contributed by atoms with Crippen molar-refractivity contribution < 1.29 is 9.47 Å². The molecule has 0 radical (unpaired) electrons. The Labute approximate surface area is 141 Å². The van der Waals surface area contributed by atoms with Crippen LogP contribution in [0.5, 0.6) is 5.75 Å². The molecule has 0 aromatic heterocycles. The van der Waals surface area contributed by atoms with Crippen molar-refractivity contribution in [2.45, 2.75) is 37.8 Å². The van der Waals surface area contributed by atoms with Crippen LogP contribution in [-0.2, 0) is 4.74 Å². The number of anilines is 1. The molecule has 3 N–H and O–H groups in total. The first-order chi connectivity index (χ1) is 11.1. The molecule has 1 aromatic carbocycles. The number of hydrogen-bond donors (Lipinski definition) is 2. The average molecular weight is 336 g/mol. The molecule has 3 unspecified atom stereocenters. The Morgan fingerprint density at radius 2 is 2.30 bits per heavy atom. The topological polar surface area (TPSA) is 68.9 Å². The molecule has 4 rings (SSSR count). The van der Waals surface area contributed by atoms with Crippen molar-refractivity contribution in [3.05, 3.63) is 23.2 Å². The zero-order valence-electron chi connectivity index (χ0n) is 13.2. The van der Waals surface area contributed by atoms with Crippen molar-refractivity contribution >= 4 is 23.2 Å². The number of nitrogens with two attached hydrogens (primary N) is 1. The number of aliphatic imine (C=N–C) groups is 1. The predicted octanol–water partition coefficient (Wildman–Crippen LogP) is 3.03. The molecular weight excluding hydrogens is 314 g/mol. The summed E-state index contributed by atoms with van der Waals surface area (Å²) in [6.07, 6.45) is 5.21. The fraction of sp³-hybridized carbons (Fsp3) is 0.588. The van der Waals surface area contributed by atoms with Gasteiger partial charge in [0.2, 0.25) is 0 Å². The maximum absolute atomic E-state index is 6.14. The number of benzene rings is 1. The first-order valence-corrected chi connectivity index (χ1v) is 8.57. The van der Waals surface area contributed by atoms with E-state index in [1.165, 1.54) is 19.3 Å². The number of rotatable bonds is 3. The first-order valence-electron chi connectivity index (χ1n) is 8.19. The lowest BCUT2D eigenvalue weighted by atomic mass is 9.46. The quantitative estimate of drug-likeness (QED) is 0.658. The van der Waals surface area contributed by atoms with Crippen molar-refractivity contribution in [2.75, 3.05) is 19.0 Å². The van der Waals surface area contributed by atoms with Crippen LogP contribution in [0.15, 0.2) is 23.2 Å². The van der Waals surface area contributed by atoms with Crippen LogP contribution in [0.4, 0.5) is 5.69 Å². The van der Waals surface area contributed by atoms with Crippen LogP contribution in [0.2, 0.25) is 5.02 Å². The van der Waals surface area contributed by atoms with Crippen LogP contribution < -0.4 is 15.8 Å². The van der Waals surface area contributed by atoms with Gasteiger partial charge in [-0.05, 0) is 37.5 Å². The van der Waals surface area contributed by atoms with E-state index in [9.17, 15) is 0 Å². The molecule has 1 spiro atoms. The van der Waals surface area contributed by atoms with Crippen LogP contribution in [0.1, 0.15) is 25.7 Å². The number of nitrogens with zero attached hydrogens (tertiary/aromatic N) is 1. The van der Waals surface area contributed by atoms with Gasteiger partial charge in [0.15, 0.2) is 5.96 Å². The lowest BCUT2D eigenvalue weighted by Gasteiger charge is -2.61. The van der Waals surface area contributed by atoms with E-state index in [0.29, 0.717) is 34.8 Å². The predicted molar refractivity (Wildman–Crippen MR) is 91.2 cm³/mol. The smallest absolute Gasteiger partial charge is 0.193 e. The highest BCUT2D eigenvalue weighted by Gasteiger charge is 2.66. The highest BCUT2D eigenvalue weighted by atomic mass is 35.5. The van der Waals surface area contributed by atoms with Crippen LogP contribution in [0, 0.1) is 11.3 Å². The fourth-order valence-electron chi connectivity index (χ4n) is 4.46. The number of guanidine groups is 1. The van der Waals surface area contributed by atoms with Crippen molar-refractivity contribution in [1.29, 1.82) is 0 Å². The molecule has 23 heavy (non-hydrogen) atoms. The Hall–Kier alpha value is -1.46. The molecule has 1 aromatic rings. The molecule has 3 atom stereocenters. The largest absolute Gasteiger partial charge is 0.495 e. The van der Waals surface area contributed by atoms with Crippen LogP contribution >= 0.6 is 11.6 Å². The number of nitrogens with one attached hydrogen (secondary N) is 1. The molecule has 5 nitrogen and oxygen atoms in total. The molecule has 1 heterocycles. The molecule has 2 aliphatic carbocycles. The minimum Gasteiger partial charge on any atom is -0.495 e. The van der Waals surface area contributed by atoms with E-state index < -0.39 is 0 Å².